The molecule has 26 heavy (non-hydrogen) atoms. The van der Waals surface area contributed by atoms with Crippen molar-refractivity contribution in [3.8, 4) is 17.1 Å². The molecule has 3 aromatic heterocycles. The van der Waals surface area contributed by atoms with Gasteiger partial charge in [-0.1, -0.05) is 0 Å². The van der Waals surface area contributed by atoms with Crippen molar-refractivity contribution in [3.05, 3.63) is 30.6 Å². The van der Waals surface area contributed by atoms with Crippen molar-refractivity contribution in [2.75, 3.05) is 25.2 Å². The first-order valence-electron chi connectivity index (χ1n) is 8.94. The number of aryl methyl sites for hydroxylation is 1. The van der Waals surface area contributed by atoms with Crippen LogP contribution in [0.25, 0.3) is 22.2 Å². The Labute approximate surface area is 151 Å². The fourth-order valence-corrected chi connectivity index (χ4v) is 4.25. The Balaban J connectivity index is 1.63. The van der Waals surface area contributed by atoms with Crippen molar-refractivity contribution in [1.82, 2.24) is 19.7 Å². The van der Waals surface area contributed by atoms with Gasteiger partial charge in [0.1, 0.15) is 11.5 Å². The molecule has 7 heteroatoms. The number of fused-ring (bicyclic) bond motifs is 3. The second kappa shape index (κ2) is 5.95. The maximum Gasteiger partial charge on any atom is 0.224 e. The van der Waals surface area contributed by atoms with E-state index in [4.69, 9.17) is 14.6 Å². The van der Waals surface area contributed by atoms with Crippen molar-refractivity contribution >= 4 is 16.7 Å². The average molecular weight is 351 g/mol. The van der Waals surface area contributed by atoms with Crippen molar-refractivity contribution in [2.24, 2.45) is 7.05 Å². The molecule has 0 N–H and O–H groups in total. The second-order valence-electron chi connectivity index (χ2n) is 6.92. The molecule has 2 bridgehead atoms. The van der Waals surface area contributed by atoms with E-state index in [0.717, 1.165) is 41.2 Å². The van der Waals surface area contributed by atoms with Crippen LogP contribution in [0, 0.1) is 0 Å². The summed E-state index contributed by atoms with van der Waals surface area (Å²) in [6.07, 6.45) is 5.95. The van der Waals surface area contributed by atoms with Gasteiger partial charge in [0.05, 0.1) is 43.3 Å². The number of hydrogen-bond acceptors (Lipinski definition) is 6. The molecule has 0 aliphatic carbocycles. The lowest BCUT2D eigenvalue weighted by Crippen LogP contribution is -2.46. The zero-order chi connectivity index (χ0) is 17.7. The monoisotopic (exact) mass is 351 g/mol. The molecule has 0 radical (unpaired) electrons. The lowest BCUT2D eigenvalue weighted by Gasteiger charge is -2.35. The molecule has 2 aliphatic heterocycles. The number of anilines is 1. The number of pyridine rings is 2. The molecule has 7 nitrogen and oxygen atoms in total. The van der Waals surface area contributed by atoms with E-state index in [1.165, 1.54) is 12.8 Å². The van der Waals surface area contributed by atoms with Crippen LogP contribution < -0.4 is 9.64 Å². The van der Waals surface area contributed by atoms with Crippen LogP contribution in [-0.4, -0.2) is 52.2 Å². The summed E-state index contributed by atoms with van der Waals surface area (Å²) in [5.74, 6) is 1.59. The lowest BCUT2D eigenvalue weighted by molar-refractivity contribution is 0.0902. The summed E-state index contributed by atoms with van der Waals surface area (Å²) in [7, 11) is 3.58. The highest BCUT2D eigenvalue weighted by atomic mass is 16.5. The number of morpholine rings is 1. The van der Waals surface area contributed by atoms with Gasteiger partial charge in [0, 0.05) is 25.0 Å². The minimum atomic E-state index is 0.424. The average Bonchev–Trinajstić information content (AvgIpc) is 3.15. The molecule has 5 rings (SSSR count). The highest BCUT2D eigenvalue weighted by Gasteiger charge is 2.38. The normalized spacial score (nSPS) is 22.2. The Kier molecular flexibility index (Phi) is 3.56. The molecule has 2 atom stereocenters. The summed E-state index contributed by atoms with van der Waals surface area (Å²) in [5, 5.41) is 5.66. The van der Waals surface area contributed by atoms with Crippen LogP contribution in [0.15, 0.2) is 30.6 Å². The number of hydrogen-bond donors (Lipinski definition) is 0. The van der Waals surface area contributed by atoms with Gasteiger partial charge in [-0.15, -0.1) is 0 Å². The lowest BCUT2D eigenvalue weighted by atomic mass is 10.1. The van der Waals surface area contributed by atoms with E-state index in [-0.39, 0.29) is 0 Å². The van der Waals surface area contributed by atoms with Crippen LogP contribution in [0.1, 0.15) is 12.8 Å². The van der Waals surface area contributed by atoms with E-state index >= 15 is 0 Å². The summed E-state index contributed by atoms with van der Waals surface area (Å²) in [4.78, 5) is 11.4. The van der Waals surface area contributed by atoms with E-state index in [9.17, 15) is 0 Å². The predicted octanol–water partition coefficient (Wildman–Crippen LogP) is 2.41. The third-order valence-electron chi connectivity index (χ3n) is 5.45. The Bertz CT molecular complexity index is 954. The van der Waals surface area contributed by atoms with Crippen LogP contribution >= 0.6 is 0 Å². The summed E-state index contributed by atoms with van der Waals surface area (Å²) in [5.41, 5.74) is 2.89. The SMILES string of the molecule is COc1nccc2c1c(-c1ccnc(N3C4CCC3COC4)c1)nn2C. The molecule has 2 aliphatic rings. The molecule has 2 unspecified atom stereocenters. The van der Waals surface area contributed by atoms with Crippen molar-refractivity contribution in [3.63, 3.8) is 0 Å². The predicted molar refractivity (Wildman–Crippen MR) is 98.4 cm³/mol. The Hall–Kier alpha value is -2.67. The third kappa shape index (κ3) is 2.27. The van der Waals surface area contributed by atoms with E-state index in [1.54, 1.807) is 13.3 Å². The standard InChI is InChI=1S/C19H21N5O2/c1-23-15-6-8-21-19(25-2)17(15)18(22-23)12-5-7-20-16(9-12)24-13-3-4-14(24)11-26-10-13/h5-9,13-14H,3-4,10-11H2,1-2H3. The minimum Gasteiger partial charge on any atom is -0.480 e. The second-order valence-corrected chi connectivity index (χ2v) is 6.92. The summed E-state index contributed by atoms with van der Waals surface area (Å²) in [6, 6.07) is 6.94. The van der Waals surface area contributed by atoms with E-state index in [2.05, 4.69) is 20.9 Å². The van der Waals surface area contributed by atoms with Gasteiger partial charge in [-0.3, -0.25) is 4.68 Å². The topological polar surface area (TPSA) is 65.3 Å². The molecule has 2 fully saturated rings. The summed E-state index contributed by atoms with van der Waals surface area (Å²) in [6.45, 7) is 1.57. The quantitative estimate of drug-likeness (QED) is 0.722. The highest BCUT2D eigenvalue weighted by molar-refractivity contribution is 5.97. The van der Waals surface area contributed by atoms with Gasteiger partial charge in [0.15, 0.2) is 0 Å². The number of rotatable bonds is 3. The summed E-state index contributed by atoms with van der Waals surface area (Å²) < 4.78 is 13.1. The fraction of sp³-hybridized carbons (Fsp3) is 0.421. The van der Waals surface area contributed by atoms with Crippen LogP contribution in [0.3, 0.4) is 0 Å². The first-order valence-corrected chi connectivity index (χ1v) is 8.94. The van der Waals surface area contributed by atoms with E-state index in [0.29, 0.717) is 18.0 Å². The molecule has 5 heterocycles. The van der Waals surface area contributed by atoms with Gasteiger partial charge in [0.25, 0.3) is 0 Å². The van der Waals surface area contributed by atoms with Gasteiger partial charge in [-0.2, -0.15) is 5.10 Å². The van der Waals surface area contributed by atoms with Crippen LogP contribution in [0.5, 0.6) is 5.88 Å². The third-order valence-corrected chi connectivity index (χ3v) is 5.45. The van der Waals surface area contributed by atoms with Crippen LogP contribution in [0.2, 0.25) is 0 Å². The molecule has 0 spiro atoms. The number of ether oxygens (including phenoxy) is 2. The smallest absolute Gasteiger partial charge is 0.224 e. The van der Waals surface area contributed by atoms with Crippen molar-refractivity contribution < 1.29 is 9.47 Å². The molecule has 134 valence electrons. The van der Waals surface area contributed by atoms with Gasteiger partial charge in [0.2, 0.25) is 5.88 Å². The van der Waals surface area contributed by atoms with Gasteiger partial charge < -0.3 is 14.4 Å². The molecular formula is C19H21N5O2. The number of methoxy groups -OCH3 is 1. The van der Waals surface area contributed by atoms with Crippen LogP contribution in [-0.2, 0) is 11.8 Å². The Morgan fingerprint density at radius 2 is 1.88 bits per heavy atom. The van der Waals surface area contributed by atoms with Gasteiger partial charge in [-0.25, -0.2) is 9.97 Å². The largest absolute Gasteiger partial charge is 0.480 e. The highest BCUT2D eigenvalue weighted by Crippen LogP contribution is 2.37. The molecule has 0 amide bonds. The number of aromatic nitrogens is 4. The molecular weight excluding hydrogens is 330 g/mol. The number of nitrogens with zero attached hydrogens (tertiary/aromatic N) is 5. The minimum absolute atomic E-state index is 0.424. The summed E-state index contributed by atoms with van der Waals surface area (Å²) >= 11 is 0. The van der Waals surface area contributed by atoms with Crippen molar-refractivity contribution in [2.45, 2.75) is 24.9 Å². The zero-order valence-electron chi connectivity index (χ0n) is 14.9. The van der Waals surface area contributed by atoms with E-state index < -0.39 is 0 Å². The molecule has 2 saturated heterocycles. The first-order chi connectivity index (χ1) is 12.8. The van der Waals surface area contributed by atoms with Gasteiger partial charge in [-0.05, 0) is 31.0 Å². The van der Waals surface area contributed by atoms with Gasteiger partial charge >= 0.3 is 0 Å². The van der Waals surface area contributed by atoms with Crippen LogP contribution in [0.4, 0.5) is 5.82 Å². The zero-order valence-corrected chi connectivity index (χ0v) is 14.9. The maximum absolute atomic E-state index is 5.70. The first kappa shape index (κ1) is 15.6. The fourth-order valence-electron chi connectivity index (χ4n) is 4.25. The molecule has 0 saturated carbocycles. The Morgan fingerprint density at radius 1 is 1.12 bits per heavy atom. The maximum atomic E-state index is 5.70. The van der Waals surface area contributed by atoms with Crippen molar-refractivity contribution in [1.29, 1.82) is 0 Å². The molecule has 3 aromatic rings. The van der Waals surface area contributed by atoms with E-state index in [1.807, 2.05) is 30.1 Å². The Morgan fingerprint density at radius 3 is 2.65 bits per heavy atom. The molecule has 0 aromatic carbocycles.